The van der Waals surface area contributed by atoms with Crippen LogP contribution in [0.4, 0.5) is 0 Å². The van der Waals surface area contributed by atoms with E-state index in [2.05, 4.69) is 101 Å². The number of aromatic nitrogens is 3. The van der Waals surface area contributed by atoms with E-state index >= 15 is 0 Å². The summed E-state index contributed by atoms with van der Waals surface area (Å²) in [4.78, 5) is 0. The number of hydrogen-bond acceptors (Lipinski definition) is 4. The molecule has 4 heteroatoms. The van der Waals surface area contributed by atoms with E-state index in [0.29, 0.717) is 0 Å². The van der Waals surface area contributed by atoms with Crippen molar-refractivity contribution in [2.75, 3.05) is 0 Å². The van der Waals surface area contributed by atoms with Crippen molar-refractivity contribution in [3.05, 3.63) is 152 Å². The molecule has 8 rings (SSSR count). The summed E-state index contributed by atoms with van der Waals surface area (Å²) in [6.45, 7) is 0. The standard InChI is InChI=1S/C39H25N3O/c1-5-15-26(16-6-1)34-31(25-33-37(30-23-13-14-24-32(30)43-33)35(34)27-17-7-2-8-18-27)39-36(28-19-9-3-10-20-28)38(40-42-41-39)29-21-11-4-12-22-29/h1-25H. The average Bonchev–Trinajstić information content (AvgIpc) is 3.47. The van der Waals surface area contributed by atoms with Crippen LogP contribution in [-0.4, -0.2) is 15.4 Å². The van der Waals surface area contributed by atoms with E-state index in [1.165, 1.54) is 0 Å². The van der Waals surface area contributed by atoms with Crippen LogP contribution in [0.25, 0.3) is 77.8 Å². The van der Waals surface area contributed by atoms with Crippen molar-refractivity contribution >= 4 is 21.9 Å². The molecule has 6 aromatic carbocycles. The van der Waals surface area contributed by atoms with Crippen molar-refractivity contribution in [2.45, 2.75) is 0 Å². The lowest BCUT2D eigenvalue weighted by atomic mass is 9.84. The first-order chi connectivity index (χ1) is 21.4. The molecule has 0 amide bonds. The van der Waals surface area contributed by atoms with Gasteiger partial charge in [-0.15, -0.1) is 10.2 Å². The summed E-state index contributed by atoms with van der Waals surface area (Å²) in [5.74, 6) is 0. The van der Waals surface area contributed by atoms with Gasteiger partial charge in [0.2, 0.25) is 0 Å². The van der Waals surface area contributed by atoms with Crippen LogP contribution in [0.3, 0.4) is 0 Å². The first kappa shape index (κ1) is 24.9. The van der Waals surface area contributed by atoms with E-state index in [0.717, 1.165) is 77.8 Å². The monoisotopic (exact) mass is 551 g/mol. The summed E-state index contributed by atoms with van der Waals surface area (Å²) in [6.07, 6.45) is 0. The van der Waals surface area contributed by atoms with Gasteiger partial charge in [-0.1, -0.05) is 140 Å². The summed E-state index contributed by atoms with van der Waals surface area (Å²) in [5, 5.41) is 15.9. The molecule has 202 valence electrons. The van der Waals surface area contributed by atoms with Crippen molar-refractivity contribution in [1.29, 1.82) is 0 Å². The molecular weight excluding hydrogens is 526 g/mol. The molecule has 2 aromatic heterocycles. The van der Waals surface area contributed by atoms with Gasteiger partial charge in [-0.05, 0) is 39.6 Å². The Balaban J connectivity index is 1.57. The second-order valence-electron chi connectivity index (χ2n) is 10.5. The van der Waals surface area contributed by atoms with Crippen LogP contribution in [0.1, 0.15) is 0 Å². The molecule has 0 saturated heterocycles. The molecule has 0 fully saturated rings. The van der Waals surface area contributed by atoms with Crippen LogP contribution in [0.5, 0.6) is 0 Å². The van der Waals surface area contributed by atoms with E-state index in [9.17, 15) is 0 Å². The molecule has 0 aliphatic rings. The van der Waals surface area contributed by atoms with Crippen LogP contribution in [0.2, 0.25) is 0 Å². The highest BCUT2D eigenvalue weighted by Gasteiger charge is 2.26. The molecule has 0 aliphatic carbocycles. The Bertz CT molecular complexity index is 2210. The van der Waals surface area contributed by atoms with E-state index < -0.39 is 0 Å². The Morgan fingerprint density at radius 2 is 0.884 bits per heavy atom. The fourth-order valence-corrected chi connectivity index (χ4v) is 6.06. The minimum Gasteiger partial charge on any atom is -0.456 e. The fraction of sp³-hybridized carbons (Fsp3) is 0. The molecule has 8 aromatic rings. The Morgan fingerprint density at radius 1 is 0.395 bits per heavy atom. The lowest BCUT2D eigenvalue weighted by Crippen LogP contribution is -2.02. The van der Waals surface area contributed by atoms with Gasteiger partial charge in [-0.3, -0.25) is 0 Å². The van der Waals surface area contributed by atoms with Crippen molar-refractivity contribution in [2.24, 2.45) is 0 Å². The molecule has 2 heterocycles. The largest absolute Gasteiger partial charge is 0.456 e. The van der Waals surface area contributed by atoms with E-state index in [-0.39, 0.29) is 0 Å². The van der Waals surface area contributed by atoms with Crippen LogP contribution in [0, 0.1) is 0 Å². The maximum Gasteiger partial charge on any atom is 0.136 e. The number of furan rings is 1. The summed E-state index contributed by atoms with van der Waals surface area (Å²) in [6, 6.07) is 52.0. The number of rotatable bonds is 5. The maximum atomic E-state index is 6.56. The molecule has 0 aliphatic heterocycles. The highest BCUT2D eigenvalue weighted by Crippen LogP contribution is 2.49. The van der Waals surface area contributed by atoms with Crippen molar-refractivity contribution in [3.63, 3.8) is 0 Å². The number of para-hydroxylation sites is 1. The lowest BCUT2D eigenvalue weighted by molar-refractivity contribution is 0.669. The maximum absolute atomic E-state index is 6.56. The fourth-order valence-electron chi connectivity index (χ4n) is 6.06. The average molecular weight is 552 g/mol. The molecule has 0 N–H and O–H groups in total. The third-order valence-corrected chi connectivity index (χ3v) is 7.92. The number of benzene rings is 6. The Hall–Kier alpha value is -5.87. The lowest BCUT2D eigenvalue weighted by Gasteiger charge is -2.19. The van der Waals surface area contributed by atoms with Crippen LogP contribution >= 0.6 is 0 Å². The number of nitrogens with zero attached hydrogens (tertiary/aromatic N) is 3. The molecule has 0 spiro atoms. The van der Waals surface area contributed by atoms with E-state index in [4.69, 9.17) is 9.52 Å². The van der Waals surface area contributed by atoms with Crippen molar-refractivity contribution in [1.82, 2.24) is 15.4 Å². The minimum atomic E-state index is 0.749. The zero-order valence-corrected chi connectivity index (χ0v) is 23.2. The summed E-state index contributed by atoms with van der Waals surface area (Å²) < 4.78 is 6.56. The van der Waals surface area contributed by atoms with Crippen LogP contribution < -0.4 is 0 Å². The van der Waals surface area contributed by atoms with Gasteiger partial charge in [0.15, 0.2) is 0 Å². The molecular formula is C39H25N3O. The van der Waals surface area contributed by atoms with Gasteiger partial charge in [0.05, 0.1) is 0 Å². The Morgan fingerprint density at radius 3 is 1.51 bits per heavy atom. The van der Waals surface area contributed by atoms with Crippen LogP contribution in [0.15, 0.2) is 156 Å². The molecule has 4 nitrogen and oxygen atoms in total. The van der Waals surface area contributed by atoms with Gasteiger partial charge in [-0.2, -0.15) is 0 Å². The van der Waals surface area contributed by atoms with Crippen molar-refractivity contribution in [3.8, 4) is 55.9 Å². The second-order valence-corrected chi connectivity index (χ2v) is 10.5. The third kappa shape index (κ3) is 4.28. The van der Waals surface area contributed by atoms with E-state index in [1.807, 2.05) is 60.7 Å². The highest BCUT2D eigenvalue weighted by molar-refractivity contribution is 6.19. The summed E-state index contributed by atoms with van der Waals surface area (Å²) in [7, 11) is 0. The number of hydrogen-bond donors (Lipinski definition) is 0. The van der Waals surface area contributed by atoms with Gasteiger partial charge < -0.3 is 4.42 Å². The first-order valence-corrected chi connectivity index (χ1v) is 14.3. The Kier molecular flexibility index (Phi) is 6.08. The SMILES string of the molecule is c1ccc(-c2nnnc(-c3cc4oc5ccccc5c4c(-c4ccccc4)c3-c3ccccc3)c2-c2ccccc2)cc1. The molecule has 0 atom stereocenters. The molecule has 0 saturated carbocycles. The van der Waals surface area contributed by atoms with Gasteiger partial charge in [0, 0.05) is 33.0 Å². The van der Waals surface area contributed by atoms with Gasteiger partial charge in [-0.25, -0.2) is 0 Å². The summed E-state index contributed by atoms with van der Waals surface area (Å²) in [5.41, 5.74) is 11.4. The normalized spacial score (nSPS) is 11.3. The Labute approximate surface area is 248 Å². The highest BCUT2D eigenvalue weighted by atomic mass is 16.3. The predicted octanol–water partition coefficient (Wildman–Crippen LogP) is 10.1. The van der Waals surface area contributed by atoms with Gasteiger partial charge in [0.25, 0.3) is 0 Å². The second kappa shape index (κ2) is 10.5. The zero-order valence-electron chi connectivity index (χ0n) is 23.2. The predicted molar refractivity (Wildman–Crippen MR) is 174 cm³/mol. The molecule has 0 bridgehead atoms. The van der Waals surface area contributed by atoms with Crippen molar-refractivity contribution < 1.29 is 4.42 Å². The third-order valence-electron chi connectivity index (χ3n) is 7.92. The van der Waals surface area contributed by atoms with E-state index in [1.54, 1.807) is 0 Å². The van der Waals surface area contributed by atoms with Gasteiger partial charge >= 0.3 is 0 Å². The number of fused-ring (bicyclic) bond motifs is 3. The summed E-state index contributed by atoms with van der Waals surface area (Å²) >= 11 is 0. The quantitative estimate of drug-likeness (QED) is 0.214. The molecule has 0 unspecified atom stereocenters. The topological polar surface area (TPSA) is 51.8 Å². The van der Waals surface area contributed by atoms with Crippen LogP contribution in [-0.2, 0) is 0 Å². The van der Waals surface area contributed by atoms with Gasteiger partial charge in [0.1, 0.15) is 22.6 Å². The first-order valence-electron chi connectivity index (χ1n) is 14.3. The zero-order chi connectivity index (χ0) is 28.6. The smallest absolute Gasteiger partial charge is 0.136 e. The molecule has 0 radical (unpaired) electrons. The molecule has 43 heavy (non-hydrogen) atoms. The minimum absolute atomic E-state index is 0.749.